The van der Waals surface area contributed by atoms with Gasteiger partial charge in [-0.25, -0.2) is 13.6 Å². The van der Waals surface area contributed by atoms with Gasteiger partial charge in [0.1, 0.15) is 29.0 Å². The number of piperidine rings is 1. The number of nitrogens with one attached hydrogen (secondary N) is 1. The third-order valence-electron chi connectivity index (χ3n) is 7.99. The van der Waals surface area contributed by atoms with Gasteiger partial charge in [0.2, 0.25) is 5.91 Å². The van der Waals surface area contributed by atoms with Crippen molar-refractivity contribution < 1.29 is 45.9 Å². The predicted molar refractivity (Wildman–Crippen MR) is 143 cm³/mol. The normalized spacial score (nSPS) is 17.6. The highest BCUT2D eigenvalue weighted by atomic mass is 19.4. The number of hydrogen-bond donors (Lipinski definition) is 1. The average molecular weight is 611 g/mol. The summed E-state index contributed by atoms with van der Waals surface area (Å²) in [4.78, 5) is 56.3. The molecule has 1 N–H and O–H groups in total. The van der Waals surface area contributed by atoms with Crippen LogP contribution in [0.1, 0.15) is 48.2 Å². The molecule has 2 aliphatic rings. The minimum absolute atomic E-state index is 0.00962. The Kier molecular flexibility index (Phi) is 8.70. The Morgan fingerprint density at radius 3 is 2.23 bits per heavy atom. The molecule has 2 aliphatic heterocycles. The molecule has 232 valence electrons. The first-order chi connectivity index (χ1) is 20.1. The van der Waals surface area contributed by atoms with Gasteiger partial charge in [0.15, 0.2) is 0 Å². The molecule has 2 fully saturated rings. The van der Waals surface area contributed by atoms with E-state index < -0.39 is 70.2 Å². The summed E-state index contributed by atoms with van der Waals surface area (Å²) in [5.41, 5.74) is -3.25. The van der Waals surface area contributed by atoms with Crippen LogP contribution in [0.4, 0.5) is 26.7 Å². The van der Waals surface area contributed by atoms with Crippen LogP contribution in [-0.4, -0.2) is 77.3 Å². The molecular weight excluding hydrogens is 579 g/mol. The number of ether oxygens (including phenoxy) is 1. The number of urea groups is 1. The molecule has 2 aromatic carbocycles. The number of methoxy groups -OCH3 is 1. The highest BCUT2D eigenvalue weighted by Crippen LogP contribution is 2.38. The molecule has 0 radical (unpaired) electrons. The van der Waals surface area contributed by atoms with Gasteiger partial charge in [0.05, 0.1) is 24.8 Å². The van der Waals surface area contributed by atoms with Crippen LogP contribution in [0, 0.1) is 17.6 Å². The minimum atomic E-state index is -4.81. The summed E-state index contributed by atoms with van der Waals surface area (Å²) in [6.07, 6.45) is -4.77. The molecule has 0 saturated carbocycles. The topological polar surface area (TPSA) is 99.3 Å². The Labute approximate surface area is 244 Å². The van der Waals surface area contributed by atoms with E-state index in [0.717, 1.165) is 4.90 Å². The fraction of sp³-hybridized carbons (Fsp3) is 0.448. The van der Waals surface area contributed by atoms with Gasteiger partial charge in [-0.1, -0.05) is 19.9 Å². The first-order valence-corrected chi connectivity index (χ1v) is 13.5. The smallest absolute Gasteiger partial charge is 0.416 e. The fourth-order valence-electron chi connectivity index (χ4n) is 5.44. The molecule has 2 aromatic rings. The first kappa shape index (κ1) is 31.7. The zero-order valence-electron chi connectivity index (χ0n) is 23.9. The molecular formula is C29H31F5N4O5. The second-order valence-corrected chi connectivity index (χ2v) is 10.9. The summed E-state index contributed by atoms with van der Waals surface area (Å²) in [6.45, 7) is 2.99. The fourth-order valence-corrected chi connectivity index (χ4v) is 5.44. The summed E-state index contributed by atoms with van der Waals surface area (Å²) in [7, 11) is 2.71. The van der Waals surface area contributed by atoms with E-state index in [-0.39, 0.29) is 43.8 Å². The van der Waals surface area contributed by atoms with Gasteiger partial charge in [0.25, 0.3) is 11.8 Å². The van der Waals surface area contributed by atoms with Crippen LogP contribution >= 0.6 is 0 Å². The Bertz CT molecular complexity index is 1440. The molecule has 1 spiro atoms. The maximum Gasteiger partial charge on any atom is 0.416 e. The van der Waals surface area contributed by atoms with Gasteiger partial charge >= 0.3 is 12.2 Å². The van der Waals surface area contributed by atoms with Crippen LogP contribution in [0.3, 0.4) is 0 Å². The molecule has 0 bridgehead atoms. The van der Waals surface area contributed by atoms with E-state index in [1.807, 2.05) is 0 Å². The first-order valence-electron chi connectivity index (χ1n) is 13.5. The summed E-state index contributed by atoms with van der Waals surface area (Å²) >= 11 is 0. The Balaban J connectivity index is 1.51. The monoisotopic (exact) mass is 610 g/mol. The van der Waals surface area contributed by atoms with E-state index in [0.29, 0.717) is 18.2 Å². The van der Waals surface area contributed by atoms with Gasteiger partial charge in [0, 0.05) is 31.8 Å². The number of benzene rings is 2. The van der Waals surface area contributed by atoms with Crippen molar-refractivity contribution >= 4 is 23.8 Å². The van der Waals surface area contributed by atoms with Crippen LogP contribution in [0.5, 0.6) is 5.75 Å². The van der Waals surface area contributed by atoms with Crippen molar-refractivity contribution in [3.05, 3.63) is 64.7 Å². The Morgan fingerprint density at radius 1 is 1.02 bits per heavy atom. The number of likely N-dealkylation sites (tertiary alicyclic amines) is 1. The number of halogens is 5. The molecule has 2 saturated heterocycles. The molecule has 0 aliphatic carbocycles. The average Bonchev–Trinajstić information content (AvgIpc) is 3.12. The molecule has 0 aromatic heterocycles. The second-order valence-electron chi connectivity index (χ2n) is 10.9. The Hall–Kier alpha value is -4.23. The third-order valence-corrected chi connectivity index (χ3v) is 7.99. The lowest BCUT2D eigenvalue weighted by atomic mass is 9.85. The summed E-state index contributed by atoms with van der Waals surface area (Å²) < 4.78 is 73.5. The number of carbonyl (C=O) groups excluding carboxylic acids is 4. The Morgan fingerprint density at radius 2 is 1.67 bits per heavy atom. The van der Waals surface area contributed by atoms with E-state index >= 15 is 0 Å². The van der Waals surface area contributed by atoms with E-state index in [1.54, 1.807) is 13.8 Å². The van der Waals surface area contributed by atoms with Crippen molar-refractivity contribution in [2.24, 2.45) is 5.92 Å². The second kappa shape index (κ2) is 11.8. The van der Waals surface area contributed by atoms with Crippen molar-refractivity contribution in [1.82, 2.24) is 20.0 Å². The molecule has 5 amide bonds. The van der Waals surface area contributed by atoms with Crippen LogP contribution in [0.15, 0.2) is 36.4 Å². The molecule has 2 heterocycles. The molecule has 9 nitrogen and oxygen atoms in total. The van der Waals surface area contributed by atoms with E-state index in [4.69, 9.17) is 4.74 Å². The lowest BCUT2D eigenvalue weighted by Gasteiger charge is -2.43. The lowest BCUT2D eigenvalue weighted by molar-refractivity contribution is -0.142. The lowest BCUT2D eigenvalue weighted by Crippen LogP contribution is -2.60. The van der Waals surface area contributed by atoms with Crippen molar-refractivity contribution in [3.8, 4) is 5.75 Å². The van der Waals surface area contributed by atoms with E-state index in [2.05, 4.69) is 5.32 Å². The minimum Gasteiger partial charge on any atom is -0.497 e. The van der Waals surface area contributed by atoms with Gasteiger partial charge in [-0.3, -0.25) is 19.3 Å². The maximum absolute atomic E-state index is 14.7. The standard InChI is InChI=1S/C29H31F5N4O5/c1-16(2)23(35-24(39)20-13-18(29(32,33)34)6-8-21(20)30)25(40)37-11-9-28(10-12-37)26(41)36(3)27(42)38(28)15-17-5-7-19(43-4)14-22(17)31/h5-8,13-14,16,23H,9-12,15H2,1-4H3,(H,35,39). The summed E-state index contributed by atoms with van der Waals surface area (Å²) in [5.74, 6) is -4.31. The summed E-state index contributed by atoms with van der Waals surface area (Å²) in [5, 5.41) is 2.36. The van der Waals surface area contributed by atoms with Crippen molar-refractivity contribution in [2.75, 3.05) is 27.2 Å². The van der Waals surface area contributed by atoms with E-state index in [1.165, 1.54) is 42.2 Å². The van der Waals surface area contributed by atoms with Gasteiger partial charge < -0.3 is 19.9 Å². The van der Waals surface area contributed by atoms with Crippen molar-refractivity contribution in [2.45, 2.75) is 51.0 Å². The number of amides is 5. The van der Waals surface area contributed by atoms with Crippen LogP contribution in [-0.2, 0) is 22.3 Å². The van der Waals surface area contributed by atoms with Gasteiger partial charge in [-0.15, -0.1) is 0 Å². The SMILES string of the molecule is COc1ccc(CN2C(=O)N(C)C(=O)C23CCN(C(=O)C(NC(=O)c2cc(C(F)(F)F)ccc2F)C(C)C)CC3)c(F)c1. The molecule has 43 heavy (non-hydrogen) atoms. The zero-order valence-corrected chi connectivity index (χ0v) is 23.9. The number of imide groups is 1. The maximum atomic E-state index is 14.7. The van der Waals surface area contributed by atoms with Crippen LogP contribution < -0.4 is 10.1 Å². The predicted octanol–water partition coefficient (Wildman–Crippen LogP) is 4.20. The zero-order chi connectivity index (χ0) is 31.9. The number of likely N-dealkylation sites (N-methyl/N-ethyl adjacent to an activating group) is 1. The third kappa shape index (κ3) is 6.00. The largest absolute Gasteiger partial charge is 0.497 e. The number of alkyl halides is 3. The number of rotatable bonds is 7. The van der Waals surface area contributed by atoms with Crippen molar-refractivity contribution in [1.29, 1.82) is 0 Å². The number of carbonyl (C=O) groups is 4. The number of hydrogen-bond acceptors (Lipinski definition) is 5. The van der Waals surface area contributed by atoms with Crippen LogP contribution in [0.2, 0.25) is 0 Å². The number of nitrogens with zero attached hydrogens (tertiary/aromatic N) is 3. The van der Waals surface area contributed by atoms with Crippen LogP contribution in [0.25, 0.3) is 0 Å². The molecule has 1 unspecified atom stereocenters. The highest BCUT2D eigenvalue weighted by Gasteiger charge is 2.57. The van der Waals surface area contributed by atoms with Gasteiger partial charge in [-0.2, -0.15) is 13.2 Å². The van der Waals surface area contributed by atoms with Gasteiger partial charge in [-0.05, 0) is 43.0 Å². The van der Waals surface area contributed by atoms with E-state index in [9.17, 15) is 41.1 Å². The molecule has 14 heteroatoms. The molecule has 4 rings (SSSR count). The highest BCUT2D eigenvalue weighted by molar-refractivity contribution is 6.07. The quantitative estimate of drug-likeness (QED) is 0.375. The summed E-state index contributed by atoms with van der Waals surface area (Å²) in [6, 6.07) is 3.76. The molecule has 1 atom stereocenters. The van der Waals surface area contributed by atoms with Crippen molar-refractivity contribution in [3.63, 3.8) is 0 Å².